The summed E-state index contributed by atoms with van der Waals surface area (Å²) in [5.74, 6) is -0.460. The molecular weight excluding hydrogens is 392 g/mol. The van der Waals surface area contributed by atoms with Crippen molar-refractivity contribution >= 4 is 33.4 Å². The first-order chi connectivity index (χ1) is 13.8. The van der Waals surface area contributed by atoms with Crippen molar-refractivity contribution in [1.82, 2.24) is 4.90 Å². The van der Waals surface area contributed by atoms with E-state index in [2.05, 4.69) is 9.71 Å². The van der Waals surface area contributed by atoms with Crippen LogP contribution >= 0.6 is 0 Å². The zero-order valence-electron chi connectivity index (χ0n) is 15.8. The van der Waals surface area contributed by atoms with E-state index in [0.29, 0.717) is 41.2 Å². The zero-order chi connectivity index (χ0) is 20.8. The van der Waals surface area contributed by atoms with Crippen LogP contribution in [-0.2, 0) is 14.8 Å². The maximum atomic E-state index is 12.9. The third kappa shape index (κ3) is 3.38. The summed E-state index contributed by atoms with van der Waals surface area (Å²) in [6.45, 7) is 2.28. The molecule has 2 aliphatic heterocycles. The van der Waals surface area contributed by atoms with Gasteiger partial charge in [0, 0.05) is 23.4 Å². The quantitative estimate of drug-likeness (QED) is 0.794. The number of primary amides is 1. The Balaban J connectivity index is 1.59. The van der Waals surface area contributed by atoms with E-state index in [1.807, 2.05) is 0 Å². The van der Waals surface area contributed by atoms with E-state index in [-0.39, 0.29) is 10.8 Å². The van der Waals surface area contributed by atoms with Crippen molar-refractivity contribution in [1.29, 1.82) is 0 Å². The summed E-state index contributed by atoms with van der Waals surface area (Å²) in [6.07, 6.45) is 1.34. The molecule has 2 heterocycles. The van der Waals surface area contributed by atoms with E-state index < -0.39 is 22.0 Å². The number of likely N-dealkylation sites (tertiary alicyclic amines) is 1. The first-order valence-electron chi connectivity index (χ1n) is 9.20. The van der Waals surface area contributed by atoms with Gasteiger partial charge in [-0.1, -0.05) is 12.1 Å². The van der Waals surface area contributed by atoms with Gasteiger partial charge in [-0.3, -0.25) is 9.59 Å². The van der Waals surface area contributed by atoms with Gasteiger partial charge >= 0.3 is 0 Å². The molecule has 2 aliphatic rings. The lowest BCUT2D eigenvalue weighted by Gasteiger charge is -2.25. The number of anilines is 1. The Labute approximate surface area is 168 Å². The average Bonchev–Trinajstić information content (AvgIpc) is 3.25. The van der Waals surface area contributed by atoms with Crippen LogP contribution in [0.4, 0.5) is 5.69 Å². The van der Waals surface area contributed by atoms with Gasteiger partial charge < -0.3 is 16.0 Å². The van der Waals surface area contributed by atoms with Crippen molar-refractivity contribution in [2.45, 2.75) is 30.7 Å². The lowest BCUT2D eigenvalue weighted by Crippen LogP contribution is -2.43. The fourth-order valence-electron chi connectivity index (χ4n) is 3.83. The number of amidine groups is 1. The minimum atomic E-state index is -3.75. The van der Waals surface area contributed by atoms with Crippen molar-refractivity contribution in [3.63, 3.8) is 0 Å². The van der Waals surface area contributed by atoms with Crippen LogP contribution in [0.5, 0.6) is 0 Å². The molecule has 2 aromatic carbocycles. The van der Waals surface area contributed by atoms with Gasteiger partial charge in [0.2, 0.25) is 11.8 Å². The van der Waals surface area contributed by atoms with E-state index in [0.717, 1.165) is 6.42 Å². The summed E-state index contributed by atoms with van der Waals surface area (Å²) < 4.78 is 28.7. The zero-order valence-corrected chi connectivity index (χ0v) is 16.6. The second kappa shape index (κ2) is 7.00. The first-order valence-corrected chi connectivity index (χ1v) is 10.6. The maximum absolute atomic E-state index is 12.9. The number of hydrogen-bond donors (Lipinski definition) is 2. The van der Waals surface area contributed by atoms with Gasteiger partial charge in [-0.2, -0.15) is 8.42 Å². The van der Waals surface area contributed by atoms with Gasteiger partial charge in [0.25, 0.3) is 10.0 Å². The van der Waals surface area contributed by atoms with Crippen molar-refractivity contribution < 1.29 is 18.0 Å². The SMILES string of the molecule is Cc1cc(NC(=O)[C@@H]2CCCN2C2=NS(=O)(=O)c3ccccc32)ccc1C(N)=O. The number of rotatable bonds is 3. The molecule has 0 aliphatic carbocycles. The molecule has 1 atom stereocenters. The summed E-state index contributed by atoms with van der Waals surface area (Å²) in [5, 5.41) is 2.85. The minimum Gasteiger partial charge on any atom is -0.366 e. The monoisotopic (exact) mass is 412 g/mol. The predicted octanol–water partition coefficient (Wildman–Crippen LogP) is 1.65. The van der Waals surface area contributed by atoms with Gasteiger partial charge in [-0.25, -0.2) is 0 Å². The number of nitrogens with one attached hydrogen (secondary N) is 1. The summed E-state index contributed by atoms with van der Waals surface area (Å²) >= 11 is 0. The first kappa shape index (κ1) is 19.1. The van der Waals surface area contributed by atoms with Gasteiger partial charge in [0.15, 0.2) is 5.84 Å². The van der Waals surface area contributed by atoms with Crippen LogP contribution in [0.2, 0.25) is 0 Å². The van der Waals surface area contributed by atoms with Crippen LogP contribution in [0.3, 0.4) is 0 Å². The van der Waals surface area contributed by atoms with E-state index in [1.54, 1.807) is 48.2 Å². The van der Waals surface area contributed by atoms with Crippen LogP contribution in [0.25, 0.3) is 0 Å². The summed E-state index contributed by atoms with van der Waals surface area (Å²) in [7, 11) is -3.75. The number of sulfonamides is 1. The highest BCUT2D eigenvalue weighted by atomic mass is 32.2. The fraction of sp³-hybridized carbons (Fsp3) is 0.250. The molecule has 2 aromatic rings. The summed E-state index contributed by atoms with van der Waals surface area (Å²) in [5.41, 5.74) is 7.45. The molecule has 9 heteroatoms. The third-order valence-electron chi connectivity index (χ3n) is 5.20. The molecule has 1 fully saturated rings. The van der Waals surface area contributed by atoms with Gasteiger partial charge in [-0.05, 0) is 55.7 Å². The standard InChI is InChI=1S/C20H20N4O4S/c1-12-11-13(8-9-14(12)18(21)25)22-20(26)16-6-4-10-24(16)19-15-5-2-3-7-17(15)29(27,28)23-19/h2-3,5,7-9,11,16H,4,6,10H2,1H3,(H2,21,25)(H,22,26)/t16-/m0/s1. The molecule has 4 rings (SSSR count). The fourth-order valence-corrected chi connectivity index (χ4v) is 5.05. The van der Waals surface area contributed by atoms with Crippen LogP contribution in [-0.4, -0.2) is 43.6 Å². The molecule has 150 valence electrons. The molecular formula is C20H20N4O4S. The van der Waals surface area contributed by atoms with Crippen LogP contribution in [0, 0.1) is 6.92 Å². The highest BCUT2D eigenvalue weighted by Gasteiger charge is 2.39. The Bertz CT molecular complexity index is 1160. The summed E-state index contributed by atoms with van der Waals surface area (Å²) in [6, 6.07) is 11.0. The molecule has 8 nitrogen and oxygen atoms in total. The van der Waals surface area contributed by atoms with Crippen LogP contribution < -0.4 is 11.1 Å². The van der Waals surface area contributed by atoms with Crippen LogP contribution in [0.15, 0.2) is 51.8 Å². The van der Waals surface area contributed by atoms with Crippen molar-refractivity contribution in [3.05, 3.63) is 59.2 Å². The number of benzene rings is 2. The van der Waals surface area contributed by atoms with E-state index in [1.165, 1.54) is 6.07 Å². The molecule has 0 bridgehead atoms. The number of fused-ring (bicyclic) bond motifs is 1. The third-order valence-corrected chi connectivity index (χ3v) is 6.52. The van der Waals surface area contributed by atoms with E-state index >= 15 is 0 Å². The maximum Gasteiger partial charge on any atom is 0.285 e. The van der Waals surface area contributed by atoms with Crippen molar-refractivity contribution in [2.75, 3.05) is 11.9 Å². The number of carbonyl (C=O) groups excluding carboxylic acids is 2. The molecule has 1 saturated heterocycles. The lowest BCUT2D eigenvalue weighted by atomic mass is 10.1. The Morgan fingerprint density at radius 3 is 2.69 bits per heavy atom. The number of hydrogen-bond acceptors (Lipinski definition) is 5. The number of nitrogens with zero attached hydrogens (tertiary/aromatic N) is 2. The van der Waals surface area contributed by atoms with Gasteiger partial charge in [-0.15, -0.1) is 4.40 Å². The molecule has 0 unspecified atom stereocenters. The smallest absolute Gasteiger partial charge is 0.285 e. The van der Waals surface area contributed by atoms with Crippen molar-refractivity contribution in [2.24, 2.45) is 10.1 Å². The Morgan fingerprint density at radius 1 is 1.21 bits per heavy atom. The number of nitrogens with two attached hydrogens (primary N) is 1. The number of aryl methyl sites for hydroxylation is 1. The number of amides is 2. The number of carbonyl (C=O) groups is 2. The molecule has 29 heavy (non-hydrogen) atoms. The van der Waals surface area contributed by atoms with Gasteiger partial charge in [0.05, 0.1) is 0 Å². The lowest BCUT2D eigenvalue weighted by molar-refractivity contribution is -0.119. The van der Waals surface area contributed by atoms with E-state index in [9.17, 15) is 18.0 Å². The Kier molecular flexibility index (Phi) is 4.62. The largest absolute Gasteiger partial charge is 0.366 e. The van der Waals surface area contributed by atoms with E-state index in [4.69, 9.17) is 5.73 Å². The normalized spacial score (nSPS) is 19.6. The molecule has 0 aromatic heterocycles. The molecule has 2 amide bonds. The molecule has 0 saturated carbocycles. The topological polar surface area (TPSA) is 122 Å². The summed E-state index contributed by atoms with van der Waals surface area (Å²) in [4.78, 5) is 26.2. The molecule has 3 N–H and O–H groups in total. The molecule has 0 radical (unpaired) electrons. The van der Waals surface area contributed by atoms with Gasteiger partial charge in [0.1, 0.15) is 10.9 Å². The van der Waals surface area contributed by atoms with Crippen LogP contribution in [0.1, 0.15) is 34.3 Å². The van der Waals surface area contributed by atoms with Crippen molar-refractivity contribution in [3.8, 4) is 0 Å². The minimum absolute atomic E-state index is 0.165. The molecule has 0 spiro atoms. The second-order valence-electron chi connectivity index (χ2n) is 7.12. The highest BCUT2D eigenvalue weighted by Crippen LogP contribution is 2.31. The Morgan fingerprint density at radius 2 is 1.97 bits per heavy atom. The highest BCUT2D eigenvalue weighted by molar-refractivity contribution is 7.90. The Hall–Kier alpha value is -3.20. The second-order valence-corrected chi connectivity index (χ2v) is 8.69. The average molecular weight is 412 g/mol. The predicted molar refractivity (Wildman–Crippen MR) is 108 cm³/mol.